The van der Waals surface area contributed by atoms with E-state index in [2.05, 4.69) is 20.9 Å². The minimum atomic E-state index is 0.0605. The van der Waals surface area contributed by atoms with Crippen LogP contribution in [-0.4, -0.2) is 17.9 Å². The number of aromatic nitrogens is 1. The molecule has 3 N–H and O–H groups in total. The highest BCUT2D eigenvalue weighted by molar-refractivity contribution is 9.10. The van der Waals surface area contributed by atoms with Crippen molar-refractivity contribution in [1.29, 1.82) is 5.41 Å². The van der Waals surface area contributed by atoms with Gasteiger partial charge >= 0.3 is 0 Å². The van der Waals surface area contributed by atoms with E-state index in [1.54, 1.807) is 6.20 Å². The second kappa shape index (κ2) is 5.18. The molecule has 2 rings (SSSR count). The van der Waals surface area contributed by atoms with Crippen LogP contribution in [0.25, 0.3) is 0 Å². The molecule has 0 unspecified atom stereocenters. The lowest BCUT2D eigenvalue weighted by Crippen LogP contribution is -2.15. The number of hydrogen-bond donors (Lipinski definition) is 2. The number of hydrogen-bond acceptors (Lipinski definition) is 3. The molecule has 1 aromatic carbocycles. The second-order valence-electron chi connectivity index (χ2n) is 3.83. The molecule has 0 aliphatic rings. The Kier molecular flexibility index (Phi) is 3.62. The van der Waals surface area contributed by atoms with E-state index in [9.17, 15) is 0 Å². The van der Waals surface area contributed by atoms with Crippen LogP contribution >= 0.6 is 15.9 Å². The molecule has 0 saturated carbocycles. The summed E-state index contributed by atoms with van der Waals surface area (Å²) in [6.45, 7) is 0. The first-order valence-electron chi connectivity index (χ1n) is 5.38. The molecule has 18 heavy (non-hydrogen) atoms. The highest BCUT2D eigenvalue weighted by Gasteiger charge is 2.09. The van der Waals surface area contributed by atoms with Gasteiger partial charge in [-0.25, -0.2) is 4.98 Å². The summed E-state index contributed by atoms with van der Waals surface area (Å²) in [7, 11) is 1.92. The quantitative estimate of drug-likeness (QED) is 0.677. The summed E-state index contributed by atoms with van der Waals surface area (Å²) in [4.78, 5) is 6.26. The van der Waals surface area contributed by atoms with Gasteiger partial charge in [-0.2, -0.15) is 0 Å². The maximum Gasteiger partial charge on any atom is 0.147 e. The van der Waals surface area contributed by atoms with E-state index in [-0.39, 0.29) is 5.84 Å². The van der Waals surface area contributed by atoms with Crippen LogP contribution in [0.5, 0.6) is 0 Å². The van der Waals surface area contributed by atoms with Crippen LogP contribution in [-0.2, 0) is 0 Å². The second-order valence-corrected chi connectivity index (χ2v) is 4.69. The number of anilines is 2. The molecule has 0 atom stereocenters. The Morgan fingerprint density at radius 1 is 1.33 bits per heavy atom. The number of benzene rings is 1. The number of nitrogens with two attached hydrogens (primary N) is 1. The van der Waals surface area contributed by atoms with E-state index >= 15 is 0 Å². The standard InChI is InChI=1S/C13H13BrN4/c1-18(13-11(14)6-3-7-17-13)10-5-2-4-9(8-10)12(15)16/h2-8H,1H3,(H3,15,16). The van der Waals surface area contributed by atoms with Gasteiger partial charge in [-0.3, -0.25) is 5.41 Å². The summed E-state index contributed by atoms with van der Waals surface area (Å²) in [5, 5.41) is 7.45. The zero-order valence-electron chi connectivity index (χ0n) is 9.89. The molecule has 0 aliphatic carbocycles. The van der Waals surface area contributed by atoms with Gasteiger partial charge in [-0.05, 0) is 40.2 Å². The summed E-state index contributed by atoms with van der Waals surface area (Å²) in [6, 6.07) is 11.3. The third kappa shape index (κ3) is 2.51. The van der Waals surface area contributed by atoms with Crippen LogP contribution in [0.2, 0.25) is 0 Å². The summed E-state index contributed by atoms with van der Waals surface area (Å²) < 4.78 is 0.917. The molecule has 4 nitrogen and oxygen atoms in total. The number of nitrogen functional groups attached to an aromatic ring is 1. The SMILES string of the molecule is CN(c1cccc(C(=N)N)c1)c1ncccc1Br. The molecule has 0 spiro atoms. The lowest BCUT2D eigenvalue weighted by atomic mass is 10.2. The summed E-state index contributed by atoms with van der Waals surface area (Å²) >= 11 is 3.47. The Balaban J connectivity index is 2.40. The monoisotopic (exact) mass is 304 g/mol. The van der Waals surface area contributed by atoms with Crippen LogP contribution < -0.4 is 10.6 Å². The Morgan fingerprint density at radius 3 is 2.78 bits per heavy atom. The lowest BCUT2D eigenvalue weighted by Gasteiger charge is -2.20. The van der Waals surface area contributed by atoms with Crippen molar-refractivity contribution in [2.24, 2.45) is 5.73 Å². The largest absolute Gasteiger partial charge is 0.384 e. The average molecular weight is 305 g/mol. The molecule has 0 saturated heterocycles. The molecule has 0 aliphatic heterocycles. The fourth-order valence-electron chi connectivity index (χ4n) is 1.63. The first-order valence-corrected chi connectivity index (χ1v) is 6.17. The highest BCUT2D eigenvalue weighted by atomic mass is 79.9. The van der Waals surface area contributed by atoms with E-state index in [0.717, 1.165) is 16.0 Å². The zero-order chi connectivity index (χ0) is 13.1. The van der Waals surface area contributed by atoms with Gasteiger partial charge < -0.3 is 10.6 Å². The van der Waals surface area contributed by atoms with Gasteiger partial charge in [-0.15, -0.1) is 0 Å². The van der Waals surface area contributed by atoms with Crippen molar-refractivity contribution < 1.29 is 0 Å². The van der Waals surface area contributed by atoms with Crippen molar-refractivity contribution >= 4 is 33.3 Å². The Morgan fingerprint density at radius 2 is 2.11 bits per heavy atom. The fourth-order valence-corrected chi connectivity index (χ4v) is 2.15. The van der Waals surface area contributed by atoms with Crippen LogP contribution in [0, 0.1) is 5.41 Å². The number of pyridine rings is 1. The summed E-state index contributed by atoms with van der Waals surface area (Å²) in [6.07, 6.45) is 1.74. The van der Waals surface area contributed by atoms with Gasteiger partial charge in [0.25, 0.3) is 0 Å². The molecule has 0 amide bonds. The minimum Gasteiger partial charge on any atom is -0.384 e. The van der Waals surface area contributed by atoms with Gasteiger partial charge in [-0.1, -0.05) is 12.1 Å². The smallest absolute Gasteiger partial charge is 0.147 e. The molecule has 2 aromatic rings. The number of halogens is 1. The Hall–Kier alpha value is -1.88. The number of amidine groups is 1. The average Bonchev–Trinajstić information content (AvgIpc) is 2.38. The molecule has 1 heterocycles. The van der Waals surface area contributed by atoms with Gasteiger partial charge in [0.1, 0.15) is 11.7 Å². The van der Waals surface area contributed by atoms with Crippen molar-refractivity contribution in [2.75, 3.05) is 11.9 Å². The first kappa shape index (κ1) is 12.6. The molecule has 5 heteroatoms. The summed E-state index contributed by atoms with van der Waals surface area (Å²) in [5.74, 6) is 0.878. The predicted octanol–water partition coefficient (Wildman–Crippen LogP) is 2.90. The maximum absolute atomic E-state index is 7.45. The molecule has 0 radical (unpaired) electrons. The molecule has 0 fully saturated rings. The van der Waals surface area contributed by atoms with Gasteiger partial charge in [0.2, 0.25) is 0 Å². The first-order chi connectivity index (χ1) is 8.59. The normalized spacial score (nSPS) is 10.1. The summed E-state index contributed by atoms with van der Waals surface area (Å²) in [5.41, 5.74) is 7.12. The fraction of sp³-hybridized carbons (Fsp3) is 0.0769. The van der Waals surface area contributed by atoms with Crippen molar-refractivity contribution in [3.8, 4) is 0 Å². The van der Waals surface area contributed by atoms with Crippen LogP contribution in [0.3, 0.4) is 0 Å². The Bertz CT molecular complexity index is 583. The molecule has 0 bridgehead atoms. The topological polar surface area (TPSA) is 66.0 Å². The third-order valence-electron chi connectivity index (χ3n) is 2.60. The predicted molar refractivity (Wildman–Crippen MR) is 77.5 cm³/mol. The highest BCUT2D eigenvalue weighted by Crippen LogP contribution is 2.28. The van der Waals surface area contributed by atoms with Crippen LogP contribution in [0.1, 0.15) is 5.56 Å². The van der Waals surface area contributed by atoms with Gasteiger partial charge in [0.15, 0.2) is 0 Å². The van der Waals surface area contributed by atoms with E-state index in [0.29, 0.717) is 5.56 Å². The van der Waals surface area contributed by atoms with Crippen LogP contribution in [0.4, 0.5) is 11.5 Å². The van der Waals surface area contributed by atoms with Crippen molar-refractivity contribution in [3.05, 3.63) is 52.6 Å². The van der Waals surface area contributed by atoms with Crippen molar-refractivity contribution in [3.63, 3.8) is 0 Å². The van der Waals surface area contributed by atoms with E-state index in [1.807, 2.05) is 48.3 Å². The van der Waals surface area contributed by atoms with Crippen LogP contribution in [0.15, 0.2) is 47.1 Å². The van der Waals surface area contributed by atoms with Crippen molar-refractivity contribution in [1.82, 2.24) is 4.98 Å². The third-order valence-corrected chi connectivity index (χ3v) is 3.22. The van der Waals surface area contributed by atoms with Gasteiger partial charge in [0.05, 0.1) is 4.47 Å². The zero-order valence-corrected chi connectivity index (χ0v) is 11.5. The Labute approximate surface area is 114 Å². The van der Waals surface area contributed by atoms with E-state index < -0.39 is 0 Å². The van der Waals surface area contributed by atoms with E-state index in [4.69, 9.17) is 11.1 Å². The number of nitrogens with one attached hydrogen (secondary N) is 1. The minimum absolute atomic E-state index is 0.0605. The molecule has 1 aromatic heterocycles. The molecular weight excluding hydrogens is 292 g/mol. The maximum atomic E-state index is 7.45. The number of nitrogens with zero attached hydrogens (tertiary/aromatic N) is 2. The lowest BCUT2D eigenvalue weighted by molar-refractivity contribution is 1.12. The molecule has 92 valence electrons. The van der Waals surface area contributed by atoms with E-state index in [1.165, 1.54) is 0 Å². The molecular formula is C13H13BrN4. The van der Waals surface area contributed by atoms with Crippen molar-refractivity contribution in [2.45, 2.75) is 0 Å². The van der Waals surface area contributed by atoms with Gasteiger partial charge in [0, 0.05) is 24.5 Å². The number of rotatable bonds is 3.